The maximum atomic E-state index is 5.74. The molecule has 0 fully saturated rings. The molecular formula is C8H6ClN4-. The van der Waals surface area contributed by atoms with Crippen LogP contribution in [0.15, 0.2) is 24.3 Å². The van der Waals surface area contributed by atoms with Crippen LogP contribution in [0.3, 0.4) is 0 Å². The number of halogens is 1. The molecule has 0 amide bonds. The van der Waals surface area contributed by atoms with Gasteiger partial charge in [-0.3, -0.25) is 10.3 Å². The Morgan fingerprint density at radius 2 is 2.00 bits per heavy atom. The van der Waals surface area contributed by atoms with E-state index in [1.165, 1.54) is 0 Å². The highest BCUT2D eigenvalue weighted by Gasteiger charge is 1.93. The minimum atomic E-state index is 0.627. The van der Waals surface area contributed by atoms with Crippen LogP contribution in [-0.4, -0.2) is 15.5 Å². The fourth-order valence-corrected chi connectivity index (χ4v) is 1.14. The molecule has 0 saturated carbocycles. The molecular weight excluding hydrogens is 188 g/mol. The maximum Gasteiger partial charge on any atom is 0.0406 e. The van der Waals surface area contributed by atoms with Crippen molar-refractivity contribution >= 4 is 11.6 Å². The zero-order valence-corrected chi connectivity index (χ0v) is 7.44. The van der Waals surface area contributed by atoms with Gasteiger partial charge in [-0.05, 0) is 17.7 Å². The van der Waals surface area contributed by atoms with Crippen LogP contribution in [0.2, 0.25) is 5.02 Å². The second kappa shape index (κ2) is 3.53. The monoisotopic (exact) mass is 193 g/mol. The van der Waals surface area contributed by atoms with E-state index in [1.807, 2.05) is 24.3 Å². The van der Waals surface area contributed by atoms with Gasteiger partial charge in [-0.15, -0.1) is 0 Å². The maximum absolute atomic E-state index is 5.74. The van der Waals surface area contributed by atoms with Gasteiger partial charge >= 0.3 is 0 Å². The fourth-order valence-electron chi connectivity index (χ4n) is 1.02. The van der Waals surface area contributed by atoms with Gasteiger partial charge in [0.1, 0.15) is 0 Å². The van der Waals surface area contributed by atoms with E-state index in [0.717, 1.165) is 10.6 Å². The first-order valence-corrected chi connectivity index (χ1v) is 4.14. The molecule has 2 aromatic rings. The summed E-state index contributed by atoms with van der Waals surface area (Å²) in [6, 6.07) is 7.53. The average molecular weight is 194 g/mol. The van der Waals surface area contributed by atoms with Crippen molar-refractivity contribution in [3.63, 3.8) is 0 Å². The first kappa shape index (κ1) is 8.19. The summed E-state index contributed by atoms with van der Waals surface area (Å²) in [5.74, 6) is 0.627. The van der Waals surface area contributed by atoms with Crippen LogP contribution in [0.1, 0.15) is 11.4 Å². The van der Waals surface area contributed by atoms with E-state index in [0.29, 0.717) is 12.2 Å². The summed E-state index contributed by atoms with van der Waals surface area (Å²) in [6.07, 6.45) is 0.643. The molecule has 5 heteroatoms. The van der Waals surface area contributed by atoms with Crippen LogP contribution in [0.4, 0.5) is 0 Å². The molecule has 0 saturated heterocycles. The smallest absolute Gasteiger partial charge is 0.0406 e. The molecule has 0 unspecified atom stereocenters. The Labute approximate surface area is 79.9 Å². The Kier molecular flexibility index (Phi) is 2.23. The first-order valence-electron chi connectivity index (χ1n) is 3.76. The minimum Gasteiger partial charge on any atom is -0.335 e. The van der Waals surface area contributed by atoms with Crippen LogP contribution in [0, 0.1) is 0 Å². The van der Waals surface area contributed by atoms with E-state index >= 15 is 0 Å². The highest BCUT2D eigenvalue weighted by atomic mass is 35.5. The topological polar surface area (TPSA) is 52.8 Å². The Morgan fingerprint density at radius 1 is 1.23 bits per heavy atom. The van der Waals surface area contributed by atoms with Crippen LogP contribution in [0.5, 0.6) is 0 Å². The van der Waals surface area contributed by atoms with Crippen LogP contribution < -0.4 is 5.10 Å². The number of rotatable bonds is 2. The van der Waals surface area contributed by atoms with Gasteiger partial charge in [0.15, 0.2) is 0 Å². The van der Waals surface area contributed by atoms with Crippen LogP contribution >= 0.6 is 11.6 Å². The van der Waals surface area contributed by atoms with Crippen LogP contribution in [-0.2, 0) is 6.42 Å². The zero-order valence-electron chi connectivity index (χ0n) is 6.68. The lowest BCUT2D eigenvalue weighted by Gasteiger charge is -1.99. The van der Waals surface area contributed by atoms with E-state index in [9.17, 15) is 0 Å². The molecule has 0 radical (unpaired) electrons. The lowest BCUT2D eigenvalue weighted by molar-refractivity contribution is 0.871. The lowest BCUT2D eigenvalue weighted by atomic mass is 10.1. The largest absolute Gasteiger partial charge is 0.335 e. The summed E-state index contributed by atoms with van der Waals surface area (Å²) >= 11 is 5.74. The van der Waals surface area contributed by atoms with Gasteiger partial charge in [0.05, 0.1) is 0 Å². The Hall–Kier alpha value is -1.42. The highest BCUT2D eigenvalue weighted by molar-refractivity contribution is 6.30. The van der Waals surface area contributed by atoms with E-state index in [2.05, 4.69) is 20.6 Å². The molecule has 0 spiro atoms. The molecule has 13 heavy (non-hydrogen) atoms. The predicted molar refractivity (Wildman–Crippen MR) is 47.4 cm³/mol. The summed E-state index contributed by atoms with van der Waals surface area (Å²) in [7, 11) is 0. The lowest BCUT2D eigenvalue weighted by Crippen LogP contribution is -1.92. The molecule has 0 aliphatic rings. The van der Waals surface area contributed by atoms with Crippen molar-refractivity contribution < 1.29 is 0 Å². The minimum absolute atomic E-state index is 0.627. The molecule has 0 aliphatic carbocycles. The molecule has 1 heterocycles. The number of hydrogen-bond acceptors (Lipinski definition) is 3. The van der Waals surface area contributed by atoms with E-state index in [-0.39, 0.29) is 0 Å². The highest BCUT2D eigenvalue weighted by Crippen LogP contribution is 2.10. The van der Waals surface area contributed by atoms with E-state index < -0.39 is 0 Å². The van der Waals surface area contributed by atoms with Crippen molar-refractivity contribution in [2.24, 2.45) is 0 Å². The molecule has 2 rings (SSSR count). The molecule has 1 aromatic heterocycles. The first-order chi connectivity index (χ1) is 6.34. The summed E-state index contributed by atoms with van der Waals surface area (Å²) < 4.78 is 0. The summed E-state index contributed by atoms with van der Waals surface area (Å²) in [5.41, 5.74) is 1.10. The van der Waals surface area contributed by atoms with Crippen molar-refractivity contribution in [3.05, 3.63) is 40.7 Å². The Balaban J connectivity index is 2.15. The van der Waals surface area contributed by atoms with Gasteiger partial charge in [-0.1, -0.05) is 23.7 Å². The molecule has 1 aromatic carbocycles. The average Bonchev–Trinajstić information content (AvgIpc) is 2.62. The van der Waals surface area contributed by atoms with Gasteiger partial charge in [-0.2, -0.15) is 5.21 Å². The van der Waals surface area contributed by atoms with Crippen molar-refractivity contribution in [1.82, 2.24) is 20.6 Å². The molecule has 66 valence electrons. The molecule has 0 N–H and O–H groups in total. The number of tetrazole rings is 1. The predicted octanol–water partition coefficient (Wildman–Crippen LogP) is 1.07. The molecule has 4 nitrogen and oxygen atoms in total. The SMILES string of the molecule is Clc1ccc(Cc2nnn[n-]2)cc1. The third-order valence-corrected chi connectivity index (χ3v) is 1.89. The van der Waals surface area contributed by atoms with Gasteiger partial charge in [0.25, 0.3) is 0 Å². The Morgan fingerprint density at radius 3 is 2.62 bits per heavy atom. The van der Waals surface area contributed by atoms with E-state index in [1.54, 1.807) is 0 Å². The van der Waals surface area contributed by atoms with Crippen LogP contribution in [0.25, 0.3) is 0 Å². The fraction of sp³-hybridized carbons (Fsp3) is 0.125. The third kappa shape index (κ3) is 2.03. The quantitative estimate of drug-likeness (QED) is 0.716. The normalized spacial score (nSPS) is 10.2. The second-order valence-electron chi connectivity index (χ2n) is 2.60. The van der Waals surface area contributed by atoms with Gasteiger partial charge in [-0.25, -0.2) is 0 Å². The van der Waals surface area contributed by atoms with Gasteiger partial charge in [0, 0.05) is 17.3 Å². The number of benzene rings is 1. The van der Waals surface area contributed by atoms with Crippen molar-refractivity contribution in [2.75, 3.05) is 0 Å². The number of aromatic nitrogens is 4. The number of nitrogens with zero attached hydrogens (tertiary/aromatic N) is 4. The molecule has 0 bridgehead atoms. The van der Waals surface area contributed by atoms with Crippen molar-refractivity contribution in [3.8, 4) is 0 Å². The van der Waals surface area contributed by atoms with Crippen molar-refractivity contribution in [2.45, 2.75) is 6.42 Å². The Bertz CT molecular complexity index is 368. The van der Waals surface area contributed by atoms with Gasteiger partial charge < -0.3 is 5.10 Å². The van der Waals surface area contributed by atoms with E-state index in [4.69, 9.17) is 11.6 Å². The number of hydrogen-bond donors (Lipinski definition) is 0. The second-order valence-corrected chi connectivity index (χ2v) is 3.03. The van der Waals surface area contributed by atoms with Gasteiger partial charge in [0.2, 0.25) is 0 Å². The van der Waals surface area contributed by atoms with Crippen molar-refractivity contribution in [1.29, 1.82) is 0 Å². The molecule has 0 atom stereocenters. The summed E-state index contributed by atoms with van der Waals surface area (Å²) in [4.78, 5) is 0. The summed E-state index contributed by atoms with van der Waals surface area (Å²) in [6.45, 7) is 0. The third-order valence-electron chi connectivity index (χ3n) is 1.64. The standard InChI is InChI=1S/C8H6ClN4/c9-7-3-1-6(2-4-7)5-8-10-12-13-11-8/h1-4H,5H2/q-1. The summed E-state index contributed by atoms with van der Waals surface area (Å²) in [5, 5.41) is 15.0. The zero-order chi connectivity index (χ0) is 9.10. The molecule has 0 aliphatic heterocycles.